The van der Waals surface area contributed by atoms with E-state index in [-0.39, 0.29) is 16.9 Å². The summed E-state index contributed by atoms with van der Waals surface area (Å²) in [4.78, 5) is 23.2. The van der Waals surface area contributed by atoms with Crippen molar-refractivity contribution < 1.29 is 18.7 Å². The maximum atomic E-state index is 14.4. The Hall–Kier alpha value is -2.69. The largest absolute Gasteiger partial charge is 0.453 e. The Kier molecular flexibility index (Phi) is 4.33. The summed E-state index contributed by atoms with van der Waals surface area (Å²) in [5.74, 6) is -1.65. The molecule has 2 aromatic carbocycles. The molecule has 0 aromatic heterocycles. The topological polar surface area (TPSA) is 55.4 Å². The number of Topliss-reactive ketones (excluding diaryl/α,β-unsaturated/α-hetero) is 1. The number of carbonyl (C=O) groups excluding carboxylic acids is 2. The minimum atomic E-state index is -0.840. The molecule has 21 heavy (non-hydrogen) atoms. The van der Waals surface area contributed by atoms with E-state index in [4.69, 9.17) is 4.74 Å². The van der Waals surface area contributed by atoms with Crippen molar-refractivity contribution in [1.29, 1.82) is 0 Å². The molecule has 0 spiro atoms. The van der Waals surface area contributed by atoms with E-state index in [1.165, 1.54) is 26.1 Å². The molecule has 0 atom stereocenters. The lowest BCUT2D eigenvalue weighted by atomic mass is 10.1. The molecule has 2 rings (SSSR count). The summed E-state index contributed by atoms with van der Waals surface area (Å²) in [5, 5.41) is 2.41. The molecule has 4 nitrogen and oxygen atoms in total. The van der Waals surface area contributed by atoms with Gasteiger partial charge in [0.15, 0.2) is 17.3 Å². The number of ether oxygens (including phenoxy) is 1. The average molecular weight is 287 g/mol. The Labute approximate surface area is 121 Å². The zero-order chi connectivity index (χ0) is 15.4. The van der Waals surface area contributed by atoms with Crippen LogP contribution in [0, 0.1) is 5.82 Å². The molecule has 0 saturated heterocycles. The normalized spacial score (nSPS) is 10.0. The maximum absolute atomic E-state index is 14.4. The van der Waals surface area contributed by atoms with Crippen molar-refractivity contribution in [3.8, 4) is 11.5 Å². The molecule has 0 unspecified atom stereocenters. The number of nitrogens with one attached hydrogen (secondary N) is 1. The third-order valence-electron chi connectivity index (χ3n) is 2.91. The van der Waals surface area contributed by atoms with Crippen molar-refractivity contribution in [2.75, 3.05) is 7.05 Å². The average Bonchev–Trinajstić information content (AvgIpc) is 2.49. The highest BCUT2D eigenvalue weighted by molar-refractivity contribution is 6.00. The van der Waals surface area contributed by atoms with Crippen LogP contribution in [0.25, 0.3) is 0 Å². The summed E-state index contributed by atoms with van der Waals surface area (Å²) in [6.07, 6.45) is 0. The van der Waals surface area contributed by atoms with Gasteiger partial charge in [-0.3, -0.25) is 9.59 Å². The molecule has 0 bridgehead atoms. The fourth-order valence-corrected chi connectivity index (χ4v) is 1.85. The number of amides is 1. The molecule has 108 valence electrons. The number of rotatable bonds is 4. The summed E-state index contributed by atoms with van der Waals surface area (Å²) in [5.41, 5.74) is -0.0857. The van der Waals surface area contributed by atoms with Crippen LogP contribution in [0.15, 0.2) is 42.5 Å². The molecule has 0 radical (unpaired) electrons. The Morgan fingerprint density at radius 1 is 1.05 bits per heavy atom. The van der Waals surface area contributed by atoms with Crippen molar-refractivity contribution in [2.45, 2.75) is 6.92 Å². The lowest BCUT2D eigenvalue weighted by Crippen LogP contribution is -2.19. The monoisotopic (exact) mass is 287 g/mol. The Balaban J connectivity index is 2.56. The summed E-state index contributed by atoms with van der Waals surface area (Å²) in [6.45, 7) is 1.25. The number of para-hydroxylation sites is 1. The number of hydrogen-bond donors (Lipinski definition) is 1. The van der Waals surface area contributed by atoms with E-state index >= 15 is 0 Å². The molecule has 5 heteroatoms. The predicted molar refractivity (Wildman–Crippen MR) is 76.3 cm³/mol. The second kappa shape index (κ2) is 6.17. The Morgan fingerprint density at radius 2 is 1.67 bits per heavy atom. The van der Waals surface area contributed by atoms with Gasteiger partial charge in [-0.05, 0) is 31.2 Å². The van der Waals surface area contributed by atoms with Crippen molar-refractivity contribution in [2.24, 2.45) is 0 Å². The van der Waals surface area contributed by atoms with E-state index < -0.39 is 17.5 Å². The van der Waals surface area contributed by atoms with E-state index in [0.717, 1.165) is 0 Å². The first-order chi connectivity index (χ1) is 10.0. The second-order valence-corrected chi connectivity index (χ2v) is 4.35. The number of halogens is 1. The molecule has 2 aromatic rings. The molecular weight excluding hydrogens is 273 g/mol. The molecule has 1 amide bonds. The Morgan fingerprint density at radius 3 is 2.24 bits per heavy atom. The van der Waals surface area contributed by atoms with Crippen LogP contribution in [0.1, 0.15) is 27.6 Å². The van der Waals surface area contributed by atoms with E-state index in [0.29, 0.717) is 5.75 Å². The van der Waals surface area contributed by atoms with Gasteiger partial charge in [-0.2, -0.15) is 0 Å². The molecule has 1 N–H and O–H groups in total. The maximum Gasteiger partial charge on any atom is 0.254 e. The summed E-state index contributed by atoms with van der Waals surface area (Å²) < 4.78 is 19.9. The van der Waals surface area contributed by atoms with Crippen molar-refractivity contribution in [3.05, 3.63) is 59.4 Å². The second-order valence-electron chi connectivity index (χ2n) is 4.35. The minimum Gasteiger partial charge on any atom is -0.453 e. The van der Waals surface area contributed by atoms with Gasteiger partial charge in [-0.15, -0.1) is 0 Å². The predicted octanol–water partition coefficient (Wildman–Crippen LogP) is 3.18. The fraction of sp³-hybridized carbons (Fsp3) is 0.125. The number of carbonyl (C=O) groups is 2. The standard InChI is InChI=1S/C16H14FNO3/c1-10(19)12-8-9-13(16(20)18-2)15(14(12)17)21-11-6-4-3-5-7-11/h3-9H,1-2H3,(H,18,20). The quantitative estimate of drug-likeness (QED) is 0.879. The molecular formula is C16H14FNO3. The van der Waals surface area contributed by atoms with E-state index in [2.05, 4.69) is 5.32 Å². The van der Waals surface area contributed by atoms with Gasteiger partial charge < -0.3 is 10.1 Å². The van der Waals surface area contributed by atoms with Gasteiger partial charge in [0.1, 0.15) is 5.75 Å². The van der Waals surface area contributed by atoms with Gasteiger partial charge in [0, 0.05) is 7.05 Å². The van der Waals surface area contributed by atoms with Gasteiger partial charge in [-0.25, -0.2) is 4.39 Å². The van der Waals surface area contributed by atoms with Crippen LogP contribution in [0.4, 0.5) is 4.39 Å². The smallest absolute Gasteiger partial charge is 0.254 e. The van der Waals surface area contributed by atoms with Crippen molar-refractivity contribution >= 4 is 11.7 Å². The highest BCUT2D eigenvalue weighted by Gasteiger charge is 2.21. The van der Waals surface area contributed by atoms with Crippen LogP contribution in [0.5, 0.6) is 11.5 Å². The lowest BCUT2D eigenvalue weighted by molar-refractivity contribution is 0.0956. The van der Waals surface area contributed by atoms with Crippen LogP contribution in [0.3, 0.4) is 0 Å². The van der Waals surface area contributed by atoms with Crippen molar-refractivity contribution in [1.82, 2.24) is 5.32 Å². The highest BCUT2D eigenvalue weighted by atomic mass is 19.1. The van der Waals surface area contributed by atoms with Crippen LogP contribution in [-0.4, -0.2) is 18.7 Å². The minimum absolute atomic E-state index is 0.0313. The van der Waals surface area contributed by atoms with Gasteiger partial charge in [0.25, 0.3) is 5.91 Å². The Bertz CT molecular complexity index is 683. The SMILES string of the molecule is CNC(=O)c1ccc(C(C)=O)c(F)c1Oc1ccccc1. The van der Waals surface area contributed by atoms with E-state index in [9.17, 15) is 14.0 Å². The first-order valence-electron chi connectivity index (χ1n) is 6.33. The number of ketones is 1. The van der Waals surface area contributed by atoms with E-state index in [1.807, 2.05) is 0 Å². The van der Waals surface area contributed by atoms with Crippen LogP contribution in [0.2, 0.25) is 0 Å². The molecule has 0 aliphatic carbocycles. The lowest BCUT2D eigenvalue weighted by Gasteiger charge is -2.13. The number of benzene rings is 2. The van der Waals surface area contributed by atoms with Crippen molar-refractivity contribution in [3.63, 3.8) is 0 Å². The molecule has 0 aliphatic rings. The third-order valence-corrected chi connectivity index (χ3v) is 2.91. The summed E-state index contributed by atoms with van der Waals surface area (Å²) in [6, 6.07) is 11.1. The van der Waals surface area contributed by atoms with E-state index in [1.54, 1.807) is 30.3 Å². The molecule has 0 aliphatic heterocycles. The zero-order valence-electron chi connectivity index (χ0n) is 11.6. The first-order valence-corrected chi connectivity index (χ1v) is 6.33. The summed E-state index contributed by atoms with van der Waals surface area (Å²) >= 11 is 0. The van der Waals surface area contributed by atoms with Crippen LogP contribution >= 0.6 is 0 Å². The van der Waals surface area contributed by atoms with Gasteiger partial charge in [-0.1, -0.05) is 18.2 Å². The van der Waals surface area contributed by atoms with Gasteiger partial charge >= 0.3 is 0 Å². The number of hydrogen-bond acceptors (Lipinski definition) is 3. The highest BCUT2D eigenvalue weighted by Crippen LogP contribution is 2.30. The van der Waals surface area contributed by atoms with Crippen LogP contribution in [-0.2, 0) is 0 Å². The molecule has 0 saturated carbocycles. The fourth-order valence-electron chi connectivity index (χ4n) is 1.85. The zero-order valence-corrected chi connectivity index (χ0v) is 11.6. The van der Waals surface area contributed by atoms with Gasteiger partial charge in [0.05, 0.1) is 11.1 Å². The third kappa shape index (κ3) is 3.08. The summed E-state index contributed by atoms with van der Waals surface area (Å²) in [7, 11) is 1.44. The first kappa shape index (κ1) is 14.7. The van der Waals surface area contributed by atoms with Gasteiger partial charge in [0.2, 0.25) is 0 Å². The molecule has 0 fully saturated rings. The molecule has 0 heterocycles. The van der Waals surface area contributed by atoms with Crippen LogP contribution < -0.4 is 10.1 Å².